The smallest absolute Gasteiger partial charge is 0.123 e. The highest BCUT2D eigenvalue weighted by atomic mass is 32.2. The third kappa shape index (κ3) is 3.22. The van der Waals surface area contributed by atoms with E-state index in [0.717, 1.165) is 0 Å². The van der Waals surface area contributed by atoms with Crippen LogP contribution in [0.3, 0.4) is 0 Å². The van der Waals surface area contributed by atoms with E-state index in [1.165, 1.54) is 18.2 Å². The summed E-state index contributed by atoms with van der Waals surface area (Å²) in [4.78, 5) is 0.610. The molecule has 2 aromatic carbocycles. The zero-order chi connectivity index (χ0) is 14.5. The Bertz CT molecular complexity index is 677. The predicted molar refractivity (Wildman–Crippen MR) is 74.2 cm³/mol. The Labute approximate surface area is 119 Å². The molecular formula is C15H12FNO2S. The van der Waals surface area contributed by atoms with Gasteiger partial charge >= 0.3 is 0 Å². The molecule has 0 aromatic heterocycles. The topological polar surface area (TPSA) is 50.1 Å². The van der Waals surface area contributed by atoms with Crippen molar-refractivity contribution in [1.29, 1.82) is 5.26 Å². The number of halogens is 1. The minimum Gasteiger partial charge on any atom is -0.497 e. The molecule has 0 amide bonds. The highest BCUT2D eigenvalue weighted by molar-refractivity contribution is 7.84. The lowest BCUT2D eigenvalue weighted by molar-refractivity contribution is 0.414. The molecule has 20 heavy (non-hydrogen) atoms. The zero-order valence-electron chi connectivity index (χ0n) is 10.8. The molecule has 102 valence electrons. The van der Waals surface area contributed by atoms with E-state index in [1.54, 1.807) is 31.4 Å². The van der Waals surface area contributed by atoms with Crippen molar-refractivity contribution in [3.63, 3.8) is 0 Å². The first-order valence-electron chi connectivity index (χ1n) is 5.85. The van der Waals surface area contributed by atoms with E-state index in [-0.39, 0.29) is 5.75 Å². The van der Waals surface area contributed by atoms with E-state index in [2.05, 4.69) is 0 Å². The Morgan fingerprint density at radius 2 is 1.95 bits per heavy atom. The van der Waals surface area contributed by atoms with Crippen LogP contribution in [0.4, 0.5) is 4.39 Å². The molecule has 3 nitrogen and oxygen atoms in total. The van der Waals surface area contributed by atoms with Crippen molar-refractivity contribution in [2.75, 3.05) is 7.11 Å². The molecule has 0 spiro atoms. The van der Waals surface area contributed by atoms with Gasteiger partial charge in [-0.1, -0.05) is 0 Å². The SMILES string of the molecule is COc1ccc(S(=O)Cc2cc(F)ccc2C#N)cc1. The van der Waals surface area contributed by atoms with Crippen molar-refractivity contribution < 1.29 is 13.3 Å². The van der Waals surface area contributed by atoms with Gasteiger partial charge in [-0.15, -0.1) is 0 Å². The third-order valence-electron chi connectivity index (χ3n) is 2.80. The Morgan fingerprint density at radius 1 is 1.25 bits per heavy atom. The summed E-state index contributed by atoms with van der Waals surface area (Å²) in [5.41, 5.74) is 0.787. The molecule has 0 N–H and O–H groups in total. The van der Waals surface area contributed by atoms with Crippen molar-refractivity contribution in [3.8, 4) is 11.8 Å². The quantitative estimate of drug-likeness (QED) is 0.869. The average molecular weight is 289 g/mol. The highest BCUT2D eigenvalue weighted by Gasteiger charge is 2.10. The Morgan fingerprint density at radius 3 is 2.55 bits per heavy atom. The second kappa shape index (κ2) is 6.31. The molecule has 0 saturated heterocycles. The molecule has 0 heterocycles. The van der Waals surface area contributed by atoms with Crippen LogP contribution in [0.1, 0.15) is 11.1 Å². The summed E-state index contributed by atoms with van der Waals surface area (Å²) < 4.78 is 30.5. The fraction of sp³-hybridized carbons (Fsp3) is 0.133. The lowest BCUT2D eigenvalue weighted by atomic mass is 10.1. The van der Waals surface area contributed by atoms with Crippen LogP contribution < -0.4 is 4.74 Å². The second-order valence-corrected chi connectivity index (χ2v) is 5.53. The summed E-state index contributed by atoms with van der Waals surface area (Å²) in [5.74, 6) is 0.340. The highest BCUT2D eigenvalue weighted by Crippen LogP contribution is 2.19. The molecule has 0 aliphatic carbocycles. The zero-order valence-corrected chi connectivity index (χ0v) is 11.6. The number of nitriles is 1. The van der Waals surface area contributed by atoms with Gasteiger partial charge < -0.3 is 4.74 Å². The number of hydrogen-bond acceptors (Lipinski definition) is 3. The maximum absolute atomic E-state index is 13.2. The Hall–Kier alpha value is -2.19. The summed E-state index contributed by atoms with van der Waals surface area (Å²) in [6.07, 6.45) is 0. The first-order chi connectivity index (χ1) is 9.63. The number of rotatable bonds is 4. The summed E-state index contributed by atoms with van der Waals surface area (Å²) >= 11 is 0. The van der Waals surface area contributed by atoms with Crippen molar-refractivity contribution in [3.05, 3.63) is 59.4 Å². The largest absolute Gasteiger partial charge is 0.497 e. The Balaban J connectivity index is 2.23. The van der Waals surface area contributed by atoms with Gasteiger partial charge in [-0.25, -0.2) is 4.39 Å². The molecule has 0 bridgehead atoms. The molecule has 1 atom stereocenters. The number of ether oxygens (including phenoxy) is 1. The van der Waals surface area contributed by atoms with Crippen molar-refractivity contribution in [2.45, 2.75) is 10.6 Å². The predicted octanol–water partition coefficient (Wildman–Crippen LogP) is 3.01. The van der Waals surface area contributed by atoms with Gasteiger partial charge in [-0.2, -0.15) is 5.26 Å². The number of benzene rings is 2. The normalized spacial score (nSPS) is 11.7. The van der Waals surface area contributed by atoms with E-state index in [0.29, 0.717) is 21.8 Å². The molecule has 1 unspecified atom stereocenters. The van der Waals surface area contributed by atoms with Gasteiger partial charge in [0.2, 0.25) is 0 Å². The van der Waals surface area contributed by atoms with Gasteiger partial charge in [0, 0.05) is 4.90 Å². The molecule has 0 fully saturated rings. The number of methoxy groups -OCH3 is 1. The minimum atomic E-state index is -1.34. The molecule has 5 heteroatoms. The van der Waals surface area contributed by atoms with Gasteiger partial charge in [0.05, 0.1) is 35.3 Å². The van der Waals surface area contributed by atoms with Gasteiger partial charge in [0.1, 0.15) is 11.6 Å². The van der Waals surface area contributed by atoms with Gasteiger partial charge in [-0.05, 0) is 48.0 Å². The molecule has 2 rings (SSSR count). The van der Waals surface area contributed by atoms with E-state index in [4.69, 9.17) is 10.00 Å². The Kier molecular flexibility index (Phi) is 4.49. The summed E-state index contributed by atoms with van der Waals surface area (Å²) in [6, 6.07) is 12.7. The summed E-state index contributed by atoms with van der Waals surface area (Å²) in [5, 5.41) is 8.97. The molecule has 0 radical (unpaired) electrons. The molecule has 2 aromatic rings. The third-order valence-corrected chi connectivity index (χ3v) is 4.17. The van der Waals surface area contributed by atoms with Gasteiger partial charge in [0.25, 0.3) is 0 Å². The van der Waals surface area contributed by atoms with Crippen LogP contribution in [0.15, 0.2) is 47.4 Å². The standard InChI is InChI=1S/C15H12FNO2S/c1-19-14-4-6-15(7-5-14)20(18)10-12-8-13(16)3-2-11(12)9-17/h2-8H,10H2,1H3. The summed E-state index contributed by atoms with van der Waals surface area (Å²) in [6.45, 7) is 0. The van der Waals surface area contributed by atoms with E-state index in [1.807, 2.05) is 6.07 Å². The molecule has 0 aliphatic heterocycles. The van der Waals surface area contributed by atoms with Crippen LogP contribution in [0, 0.1) is 17.1 Å². The van der Waals surface area contributed by atoms with Crippen LogP contribution >= 0.6 is 0 Å². The monoisotopic (exact) mass is 289 g/mol. The molecular weight excluding hydrogens is 277 g/mol. The van der Waals surface area contributed by atoms with Crippen LogP contribution in [0.25, 0.3) is 0 Å². The van der Waals surface area contributed by atoms with Crippen LogP contribution in [0.2, 0.25) is 0 Å². The van der Waals surface area contributed by atoms with E-state index < -0.39 is 16.6 Å². The van der Waals surface area contributed by atoms with Crippen LogP contribution in [0.5, 0.6) is 5.75 Å². The van der Waals surface area contributed by atoms with E-state index in [9.17, 15) is 8.60 Å². The average Bonchev–Trinajstić information content (AvgIpc) is 2.47. The fourth-order valence-electron chi connectivity index (χ4n) is 1.74. The first kappa shape index (κ1) is 14.2. The van der Waals surface area contributed by atoms with Gasteiger partial charge in [0.15, 0.2) is 0 Å². The fourth-order valence-corrected chi connectivity index (χ4v) is 2.87. The second-order valence-electron chi connectivity index (χ2n) is 4.08. The van der Waals surface area contributed by atoms with Crippen LogP contribution in [-0.2, 0) is 16.6 Å². The minimum absolute atomic E-state index is 0.104. The number of hydrogen-bond donors (Lipinski definition) is 0. The summed E-state index contributed by atoms with van der Waals surface area (Å²) in [7, 11) is 0.215. The van der Waals surface area contributed by atoms with Crippen LogP contribution in [-0.4, -0.2) is 11.3 Å². The molecule has 0 saturated carbocycles. The maximum atomic E-state index is 13.2. The lowest BCUT2D eigenvalue weighted by Gasteiger charge is -2.06. The van der Waals surface area contributed by atoms with Gasteiger partial charge in [-0.3, -0.25) is 4.21 Å². The molecule has 0 aliphatic rings. The maximum Gasteiger partial charge on any atom is 0.123 e. The number of nitrogens with zero attached hydrogens (tertiary/aromatic N) is 1. The lowest BCUT2D eigenvalue weighted by Crippen LogP contribution is -2.00. The van der Waals surface area contributed by atoms with E-state index >= 15 is 0 Å². The van der Waals surface area contributed by atoms with Crippen molar-refractivity contribution >= 4 is 10.8 Å². The first-order valence-corrected chi connectivity index (χ1v) is 7.17. The van der Waals surface area contributed by atoms with Crippen molar-refractivity contribution in [2.24, 2.45) is 0 Å². The van der Waals surface area contributed by atoms with Crippen molar-refractivity contribution in [1.82, 2.24) is 0 Å².